The molecule has 0 fully saturated rings. The number of aromatic nitrogens is 4. The average Bonchev–Trinajstić information content (AvgIpc) is 2.91. The number of nitrogens with two attached hydrogens (primary N) is 1. The van der Waals surface area contributed by atoms with Crippen molar-refractivity contribution in [2.45, 2.75) is 12.4 Å². The minimum atomic E-state index is -5.15. The highest BCUT2D eigenvalue weighted by Gasteiger charge is 2.41. The molecule has 0 amide bonds. The number of hydrogen-bond acceptors (Lipinski definition) is 5. The maximum absolute atomic E-state index is 14.4. The van der Waals surface area contributed by atoms with Gasteiger partial charge in [-0.25, -0.2) is 14.4 Å². The lowest BCUT2D eigenvalue weighted by molar-refractivity contribution is -0.145. The number of ether oxygens (including phenoxy) is 1. The number of fused-ring (bicyclic) bond motifs is 1. The Hall–Kier alpha value is -3.12. The number of halogens is 7. The van der Waals surface area contributed by atoms with Gasteiger partial charge in [0, 0.05) is 0 Å². The van der Waals surface area contributed by atoms with Crippen molar-refractivity contribution in [2.24, 2.45) is 0 Å². The molecule has 0 unspecified atom stereocenters. The van der Waals surface area contributed by atoms with Crippen LogP contribution in [0.4, 0.5) is 36.6 Å². The maximum Gasteiger partial charge on any atom is 0.450 e. The smallest absolute Gasteiger partial charge is 0.450 e. The Morgan fingerprint density at radius 3 is 2.22 bits per heavy atom. The molecule has 0 saturated carbocycles. The summed E-state index contributed by atoms with van der Waals surface area (Å²) in [5.41, 5.74) is 1.35. The zero-order chi connectivity index (χ0) is 20.1. The van der Waals surface area contributed by atoms with Gasteiger partial charge in [-0.2, -0.15) is 31.3 Å². The molecule has 0 aliphatic heterocycles. The van der Waals surface area contributed by atoms with Crippen molar-refractivity contribution in [2.75, 3.05) is 12.8 Å². The fraction of sp³-hybridized carbons (Fsp3) is 0.214. The first-order chi connectivity index (χ1) is 12.4. The van der Waals surface area contributed by atoms with Crippen LogP contribution in [-0.2, 0) is 12.4 Å². The van der Waals surface area contributed by atoms with E-state index in [4.69, 9.17) is 10.5 Å². The predicted octanol–water partition coefficient (Wildman–Crippen LogP) is 3.58. The van der Waals surface area contributed by atoms with E-state index in [1.165, 1.54) is 0 Å². The van der Waals surface area contributed by atoms with Crippen LogP contribution < -0.4 is 10.5 Å². The Morgan fingerprint density at radius 1 is 1.00 bits per heavy atom. The Labute approximate surface area is 145 Å². The summed E-state index contributed by atoms with van der Waals surface area (Å²) >= 11 is 0. The van der Waals surface area contributed by atoms with Crippen LogP contribution in [0, 0.1) is 5.82 Å². The van der Waals surface area contributed by atoms with E-state index in [9.17, 15) is 30.7 Å². The topological polar surface area (TPSA) is 78.8 Å². The molecule has 13 heteroatoms. The number of alkyl halides is 6. The number of imidazole rings is 1. The highest BCUT2D eigenvalue weighted by atomic mass is 19.4. The largest absolute Gasteiger partial charge is 0.478 e. The predicted molar refractivity (Wildman–Crippen MR) is 77.6 cm³/mol. The molecule has 3 aromatic rings. The maximum atomic E-state index is 14.4. The Morgan fingerprint density at radius 2 is 1.67 bits per heavy atom. The van der Waals surface area contributed by atoms with E-state index in [2.05, 4.69) is 15.0 Å². The van der Waals surface area contributed by atoms with Gasteiger partial charge in [-0.1, -0.05) is 6.07 Å². The van der Waals surface area contributed by atoms with Gasteiger partial charge in [0.25, 0.3) is 5.88 Å². The molecule has 3 rings (SSSR count). The first-order valence-electron chi connectivity index (χ1n) is 6.98. The zero-order valence-corrected chi connectivity index (χ0v) is 13.2. The van der Waals surface area contributed by atoms with Crippen molar-refractivity contribution in [3.05, 3.63) is 35.4 Å². The fourth-order valence-electron chi connectivity index (χ4n) is 2.37. The SMILES string of the molecule is COc1nc2c(nc1N)nc(C(F)(F)F)n2-c1cccc(C(F)(F)F)c1F. The summed E-state index contributed by atoms with van der Waals surface area (Å²) in [7, 11) is 1.10. The molecule has 0 aliphatic rings. The molecule has 2 heterocycles. The highest BCUT2D eigenvalue weighted by molar-refractivity contribution is 5.73. The number of nitrogen functional groups attached to an aromatic ring is 1. The summed E-state index contributed by atoms with van der Waals surface area (Å²) in [6.07, 6.45) is -10.3. The zero-order valence-electron chi connectivity index (χ0n) is 13.2. The van der Waals surface area contributed by atoms with Crippen LogP contribution in [0.25, 0.3) is 17.0 Å². The number of methoxy groups -OCH3 is 1. The minimum Gasteiger partial charge on any atom is -0.478 e. The minimum absolute atomic E-state index is 0.0921. The van der Waals surface area contributed by atoms with Crippen molar-refractivity contribution in [1.29, 1.82) is 0 Å². The fourth-order valence-corrected chi connectivity index (χ4v) is 2.37. The first-order valence-corrected chi connectivity index (χ1v) is 6.98. The quantitative estimate of drug-likeness (QED) is 0.671. The lowest BCUT2D eigenvalue weighted by Crippen LogP contribution is -2.17. The third-order valence-electron chi connectivity index (χ3n) is 3.46. The molecule has 0 radical (unpaired) electrons. The Balaban J connectivity index is 2.43. The van der Waals surface area contributed by atoms with Gasteiger partial charge in [-0.15, -0.1) is 0 Å². The average molecular weight is 395 g/mol. The Kier molecular flexibility index (Phi) is 4.12. The molecular weight excluding hydrogens is 387 g/mol. The molecule has 0 atom stereocenters. The van der Waals surface area contributed by atoms with Crippen LogP contribution in [0.3, 0.4) is 0 Å². The standard InChI is InChI=1S/C14H8F7N5O/c1-27-11-8(22)23-9-10(25-11)26(12(24-9)14(19,20)21)6-4-2-3-5(7(6)15)13(16,17)18/h2-4H,1H3,(H2,22,23). The number of rotatable bonds is 2. The van der Waals surface area contributed by atoms with E-state index < -0.39 is 58.2 Å². The van der Waals surface area contributed by atoms with Crippen LogP contribution in [0.5, 0.6) is 5.88 Å². The summed E-state index contributed by atoms with van der Waals surface area (Å²) in [4.78, 5) is 10.5. The second-order valence-electron chi connectivity index (χ2n) is 5.17. The molecule has 2 N–H and O–H groups in total. The van der Waals surface area contributed by atoms with Gasteiger partial charge in [0.05, 0.1) is 18.4 Å². The molecule has 144 valence electrons. The van der Waals surface area contributed by atoms with Gasteiger partial charge < -0.3 is 10.5 Å². The van der Waals surface area contributed by atoms with E-state index in [0.717, 1.165) is 19.2 Å². The third-order valence-corrected chi connectivity index (χ3v) is 3.46. The number of hydrogen-bond donors (Lipinski definition) is 1. The first kappa shape index (κ1) is 18.7. The van der Waals surface area contributed by atoms with Crippen molar-refractivity contribution in [1.82, 2.24) is 19.5 Å². The van der Waals surface area contributed by atoms with E-state index >= 15 is 0 Å². The van der Waals surface area contributed by atoms with Gasteiger partial charge in [-0.05, 0) is 12.1 Å². The lowest BCUT2D eigenvalue weighted by atomic mass is 10.1. The molecular formula is C14H8F7N5O. The Bertz CT molecular complexity index is 1030. The van der Waals surface area contributed by atoms with Gasteiger partial charge in [0.15, 0.2) is 17.3 Å². The molecule has 0 saturated heterocycles. The van der Waals surface area contributed by atoms with Crippen molar-refractivity contribution in [3.8, 4) is 11.6 Å². The van der Waals surface area contributed by atoms with E-state index in [0.29, 0.717) is 6.07 Å². The molecule has 6 nitrogen and oxygen atoms in total. The monoisotopic (exact) mass is 395 g/mol. The normalized spacial score (nSPS) is 12.6. The van der Waals surface area contributed by atoms with Gasteiger partial charge in [0.2, 0.25) is 11.5 Å². The van der Waals surface area contributed by atoms with Gasteiger partial charge in [-0.3, -0.25) is 4.57 Å². The molecule has 0 spiro atoms. The summed E-state index contributed by atoms with van der Waals surface area (Å²) in [6, 6.07) is 1.89. The van der Waals surface area contributed by atoms with Gasteiger partial charge in [0.1, 0.15) is 0 Å². The van der Waals surface area contributed by atoms with Crippen LogP contribution in [0.1, 0.15) is 11.4 Å². The molecule has 27 heavy (non-hydrogen) atoms. The van der Waals surface area contributed by atoms with E-state index in [-0.39, 0.29) is 4.57 Å². The number of nitrogens with zero attached hydrogens (tertiary/aromatic N) is 4. The van der Waals surface area contributed by atoms with Crippen LogP contribution in [0.15, 0.2) is 18.2 Å². The number of anilines is 1. The molecule has 1 aromatic carbocycles. The van der Waals surface area contributed by atoms with Crippen LogP contribution in [-0.4, -0.2) is 26.6 Å². The van der Waals surface area contributed by atoms with Crippen LogP contribution in [0.2, 0.25) is 0 Å². The molecule has 0 aliphatic carbocycles. The summed E-state index contributed by atoms with van der Waals surface area (Å²) in [5.74, 6) is -4.44. The second-order valence-corrected chi connectivity index (χ2v) is 5.17. The second kappa shape index (κ2) is 5.96. The van der Waals surface area contributed by atoms with Crippen molar-refractivity contribution < 1.29 is 35.5 Å². The van der Waals surface area contributed by atoms with Gasteiger partial charge >= 0.3 is 12.4 Å². The van der Waals surface area contributed by atoms with Crippen molar-refractivity contribution in [3.63, 3.8) is 0 Å². The third kappa shape index (κ3) is 3.08. The van der Waals surface area contributed by atoms with Crippen molar-refractivity contribution >= 4 is 17.1 Å². The molecule has 2 aromatic heterocycles. The summed E-state index contributed by atoms with van der Waals surface area (Å²) in [6.45, 7) is 0. The van der Waals surface area contributed by atoms with Crippen LogP contribution >= 0.6 is 0 Å². The summed E-state index contributed by atoms with van der Waals surface area (Å²) in [5, 5.41) is 0. The molecule has 0 bridgehead atoms. The number of benzene rings is 1. The highest BCUT2D eigenvalue weighted by Crippen LogP contribution is 2.38. The lowest BCUT2D eigenvalue weighted by Gasteiger charge is -2.15. The van der Waals surface area contributed by atoms with E-state index in [1.54, 1.807) is 0 Å². The van der Waals surface area contributed by atoms with E-state index in [1.807, 2.05) is 0 Å². The summed E-state index contributed by atoms with van der Waals surface area (Å²) < 4.78 is 98.2.